The molecule has 0 aliphatic heterocycles. The molecule has 0 aliphatic rings. The highest BCUT2D eigenvalue weighted by Gasteiger charge is 2.14. The maximum absolute atomic E-state index is 5.97. The lowest BCUT2D eigenvalue weighted by Gasteiger charge is -2.12. The van der Waals surface area contributed by atoms with Crippen LogP contribution < -0.4 is 10.5 Å². The van der Waals surface area contributed by atoms with E-state index < -0.39 is 0 Å². The van der Waals surface area contributed by atoms with Gasteiger partial charge in [0.15, 0.2) is 5.82 Å². The Hall–Kier alpha value is -1.92. The van der Waals surface area contributed by atoms with Crippen LogP contribution in [0.2, 0.25) is 0 Å². The second-order valence-electron chi connectivity index (χ2n) is 4.83. The highest BCUT2D eigenvalue weighted by atomic mass is 16.5. The quantitative estimate of drug-likeness (QED) is 0.820. The Morgan fingerprint density at radius 1 is 1.30 bits per heavy atom. The van der Waals surface area contributed by atoms with E-state index in [1.165, 1.54) is 0 Å². The molecule has 6 heteroatoms. The van der Waals surface area contributed by atoms with Gasteiger partial charge in [0.05, 0.1) is 19.1 Å². The fourth-order valence-corrected chi connectivity index (χ4v) is 1.77. The first-order chi connectivity index (χ1) is 9.65. The lowest BCUT2D eigenvalue weighted by atomic mass is 10.3. The van der Waals surface area contributed by atoms with Crippen LogP contribution in [0.25, 0.3) is 0 Å². The number of benzene rings is 1. The summed E-state index contributed by atoms with van der Waals surface area (Å²) < 4.78 is 10.7. The van der Waals surface area contributed by atoms with Gasteiger partial charge in [0.25, 0.3) is 0 Å². The molecule has 2 aromatic rings. The monoisotopic (exact) mass is 276 g/mol. The number of aromatic nitrogens is 2. The first-order valence-electron chi connectivity index (χ1n) is 6.56. The Morgan fingerprint density at radius 2 is 2.05 bits per heavy atom. The molecule has 6 nitrogen and oxygen atoms in total. The fraction of sp³-hybridized carbons (Fsp3) is 0.429. The Balaban J connectivity index is 1.81. The van der Waals surface area contributed by atoms with Crippen LogP contribution in [0.4, 0.5) is 0 Å². The van der Waals surface area contributed by atoms with E-state index in [4.69, 9.17) is 15.0 Å². The molecule has 1 aromatic carbocycles. The summed E-state index contributed by atoms with van der Waals surface area (Å²) in [6.45, 7) is 1.17. The van der Waals surface area contributed by atoms with E-state index in [0.717, 1.165) is 5.75 Å². The van der Waals surface area contributed by atoms with Crippen molar-refractivity contribution >= 4 is 0 Å². The van der Waals surface area contributed by atoms with Gasteiger partial charge in [-0.2, -0.15) is 4.98 Å². The van der Waals surface area contributed by atoms with E-state index in [1.807, 2.05) is 49.3 Å². The topological polar surface area (TPSA) is 77.4 Å². The van der Waals surface area contributed by atoms with Crippen molar-refractivity contribution in [1.29, 1.82) is 0 Å². The third kappa shape index (κ3) is 4.32. The standard InChI is InChI=1S/C14H20N4O2/c1-18(2)10-12(15)14-16-13(20-17-14)8-9-19-11-6-4-3-5-7-11/h3-7,12H,8-10,15H2,1-2H3. The molecule has 1 atom stereocenters. The molecular formula is C14H20N4O2. The zero-order valence-corrected chi connectivity index (χ0v) is 11.8. The lowest BCUT2D eigenvalue weighted by Crippen LogP contribution is -2.26. The van der Waals surface area contributed by atoms with Crippen molar-refractivity contribution in [2.75, 3.05) is 27.2 Å². The number of hydrogen-bond donors (Lipinski definition) is 1. The van der Waals surface area contributed by atoms with E-state index in [0.29, 0.717) is 31.3 Å². The number of ether oxygens (including phenoxy) is 1. The number of hydrogen-bond acceptors (Lipinski definition) is 6. The predicted molar refractivity (Wildman–Crippen MR) is 75.4 cm³/mol. The van der Waals surface area contributed by atoms with Crippen molar-refractivity contribution in [3.05, 3.63) is 42.0 Å². The summed E-state index contributed by atoms with van der Waals surface area (Å²) in [7, 11) is 3.91. The maximum Gasteiger partial charge on any atom is 0.230 e. The average molecular weight is 276 g/mol. The van der Waals surface area contributed by atoms with Gasteiger partial charge in [0, 0.05) is 6.54 Å². The molecule has 0 saturated heterocycles. The minimum atomic E-state index is -0.238. The number of nitrogens with two attached hydrogens (primary N) is 1. The molecule has 2 N–H and O–H groups in total. The first-order valence-corrected chi connectivity index (χ1v) is 6.56. The molecule has 0 fully saturated rings. The molecule has 1 unspecified atom stereocenters. The Morgan fingerprint density at radius 3 is 2.75 bits per heavy atom. The minimum absolute atomic E-state index is 0.238. The summed E-state index contributed by atoms with van der Waals surface area (Å²) in [4.78, 5) is 6.27. The third-order valence-electron chi connectivity index (χ3n) is 2.71. The smallest absolute Gasteiger partial charge is 0.230 e. The second-order valence-corrected chi connectivity index (χ2v) is 4.83. The van der Waals surface area contributed by atoms with E-state index in [9.17, 15) is 0 Å². The van der Waals surface area contributed by atoms with Crippen LogP contribution in [-0.2, 0) is 6.42 Å². The van der Waals surface area contributed by atoms with E-state index in [2.05, 4.69) is 10.1 Å². The molecule has 0 radical (unpaired) electrons. The zero-order valence-electron chi connectivity index (χ0n) is 11.8. The average Bonchev–Trinajstić information content (AvgIpc) is 2.88. The van der Waals surface area contributed by atoms with Crippen molar-refractivity contribution in [2.24, 2.45) is 5.73 Å². The number of likely N-dealkylation sites (N-methyl/N-ethyl adjacent to an activating group) is 1. The largest absolute Gasteiger partial charge is 0.493 e. The van der Waals surface area contributed by atoms with Crippen molar-refractivity contribution in [3.63, 3.8) is 0 Å². The molecule has 0 saturated carbocycles. The van der Waals surface area contributed by atoms with Crippen molar-refractivity contribution in [3.8, 4) is 5.75 Å². The Bertz CT molecular complexity index is 513. The molecular weight excluding hydrogens is 256 g/mol. The highest BCUT2D eigenvalue weighted by Crippen LogP contribution is 2.10. The van der Waals surface area contributed by atoms with E-state index >= 15 is 0 Å². The summed E-state index contributed by atoms with van der Waals surface area (Å²) in [6, 6.07) is 9.39. The maximum atomic E-state index is 5.97. The van der Waals surface area contributed by atoms with Gasteiger partial charge < -0.3 is 19.9 Å². The summed E-state index contributed by atoms with van der Waals surface area (Å²) in [5.74, 6) is 1.91. The van der Waals surface area contributed by atoms with Crippen LogP contribution in [-0.4, -0.2) is 42.3 Å². The molecule has 0 bridgehead atoms. The molecule has 20 heavy (non-hydrogen) atoms. The third-order valence-corrected chi connectivity index (χ3v) is 2.71. The minimum Gasteiger partial charge on any atom is -0.493 e. The van der Waals surface area contributed by atoms with Crippen molar-refractivity contribution < 1.29 is 9.26 Å². The van der Waals surface area contributed by atoms with Gasteiger partial charge in [0.1, 0.15) is 5.75 Å². The predicted octanol–water partition coefficient (Wildman–Crippen LogP) is 1.25. The Labute approximate surface area is 118 Å². The van der Waals surface area contributed by atoms with Gasteiger partial charge in [-0.05, 0) is 26.2 Å². The zero-order chi connectivity index (χ0) is 14.4. The molecule has 108 valence electrons. The van der Waals surface area contributed by atoms with Crippen LogP contribution in [0.15, 0.2) is 34.9 Å². The normalized spacial score (nSPS) is 12.6. The highest BCUT2D eigenvalue weighted by molar-refractivity contribution is 5.20. The number of para-hydroxylation sites is 1. The Kier molecular flexibility index (Phi) is 5.09. The van der Waals surface area contributed by atoms with Crippen LogP contribution in [0.5, 0.6) is 5.75 Å². The summed E-state index contributed by atoms with van der Waals surface area (Å²) in [5, 5.41) is 3.90. The summed E-state index contributed by atoms with van der Waals surface area (Å²) in [5.41, 5.74) is 5.97. The SMILES string of the molecule is CN(C)CC(N)c1noc(CCOc2ccccc2)n1. The van der Waals surface area contributed by atoms with Gasteiger partial charge >= 0.3 is 0 Å². The van der Waals surface area contributed by atoms with Crippen molar-refractivity contribution in [2.45, 2.75) is 12.5 Å². The van der Waals surface area contributed by atoms with E-state index in [1.54, 1.807) is 0 Å². The lowest BCUT2D eigenvalue weighted by molar-refractivity contribution is 0.291. The second kappa shape index (κ2) is 7.02. The van der Waals surface area contributed by atoms with Crippen LogP contribution in [0.3, 0.4) is 0 Å². The van der Waals surface area contributed by atoms with Gasteiger partial charge in [0.2, 0.25) is 5.89 Å². The fourth-order valence-electron chi connectivity index (χ4n) is 1.77. The molecule has 1 heterocycles. The molecule has 2 rings (SSSR count). The van der Waals surface area contributed by atoms with Gasteiger partial charge in [-0.3, -0.25) is 0 Å². The molecule has 0 spiro atoms. The van der Waals surface area contributed by atoms with Crippen LogP contribution >= 0.6 is 0 Å². The molecule has 0 aliphatic carbocycles. The number of rotatable bonds is 7. The van der Waals surface area contributed by atoms with Crippen LogP contribution in [0.1, 0.15) is 17.8 Å². The first kappa shape index (κ1) is 14.5. The molecule has 1 aromatic heterocycles. The number of nitrogens with zero attached hydrogens (tertiary/aromatic N) is 3. The van der Waals surface area contributed by atoms with Gasteiger partial charge in [-0.15, -0.1) is 0 Å². The van der Waals surface area contributed by atoms with Gasteiger partial charge in [-0.1, -0.05) is 23.4 Å². The molecule has 0 amide bonds. The summed E-state index contributed by atoms with van der Waals surface area (Å²) in [6.07, 6.45) is 0.566. The van der Waals surface area contributed by atoms with Crippen LogP contribution in [0, 0.1) is 0 Å². The van der Waals surface area contributed by atoms with Crippen molar-refractivity contribution in [1.82, 2.24) is 15.0 Å². The summed E-state index contributed by atoms with van der Waals surface area (Å²) >= 11 is 0. The van der Waals surface area contributed by atoms with Gasteiger partial charge in [-0.25, -0.2) is 0 Å². The van der Waals surface area contributed by atoms with E-state index in [-0.39, 0.29) is 6.04 Å².